The van der Waals surface area contributed by atoms with Crippen LogP contribution in [-0.2, 0) is 10.8 Å². The molecule has 0 aliphatic heterocycles. The number of allylic oxidation sites excluding steroid dienone is 2. The molecule has 2 saturated carbocycles. The van der Waals surface area contributed by atoms with Crippen LogP contribution in [0.15, 0.2) is 67.3 Å². The third-order valence-electron chi connectivity index (χ3n) is 7.42. The summed E-state index contributed by atoms with van der Waals surface area (Å²) in [6.45, 7) is 3.67. The highest BCUT2D eigenvalue weighted by molar-refractivity contribution is 5.31. The van der Waals surface area contributed by atoms with Crippen molar-refractivity contribution in [2.45, 2.75) is 69.5 Å². The molecule has 0 N–H and O–H groups in total. The van der Waals surface area contributed by atoms with Crippen LogP contribution in [0.4, 0.5) is 17.6 Å². The Labute approximate surface area is 211 Å². The van der Waals surface area contributed by atoms with Crippen LogP contribution in [0.5, 0.6) is 5.75 Å². The average molecular weight is 503 g/mol. The molecule has 4 rings (SSSR count). The lowest BCUT2D eigenvalue weighted by molar-refractivity contribution is -0.279. The molecule has 0 aromatic heterocycles. The van der Waals surface area contributed by atoms with Crippen molar-refractivity contribution < 1.29 is 27.0 Å². The van der Waals surface area contributed by atoms with E-state index in [1.165, 1.54) is 29.8 Å². The van der Waals surface area contributed by atoms with Gasteiger partial charge < -0.3 is 9.47 Å². The Hall–Kier alpha value is -2.60. The van der Waals surface area contributed by atoms with Gasteiger partial charge in [-0.25, -0.2) is 8.78 Å². The lowest BCUT2D eigenvalue weighted by Gasteiger charge is -2.31. The maximum absolute atomic E-state index is 14.7. The predicted molar refractivity (Wildman–Crippen MR) is 133 cm³/mol. The molecule has 2 aromatic carbocycles. The monoisotopic (exact) mass is 502 g/mol. The minimum atomic E-state index is -3.70. The Morgan fingerprint density at radius 1 is 0.833 bits per heavy atom. The number of hydrogen-bond acceptors (Lipinski definition) is 2. The van der Waals surface area contributed by atoms with Gasteiger partial charge in [0.15, 0.2) is 0 Å². The lowest BCUT2D eigenvalue weighted by atomic mass is 9.78. The highest BCUT2D eigenvalue weighted by Gasteiger charge is 2.39. The first-order chi connectivity index (χ1) is 17.3. The second-order valence-electron chi connectivity index (χ2n) is 9.96. The van der Waals surface area contributed by atoms with Crippen molar-refractivity contribution in [3.05, 3.63) is 90.0 Å². The van der Waals surface area contributed by atoms with Crippen molar-refractivity contribution in [2.75, 3.05) is 6.61 Å². The SMILES string of the molecule is C=CCOc1ccc(C(F)(F)OC2CCC(/C=C/C3CCC(c4ccc(F)cc4)CC3)CC2)c(F)c1. The summed E-state index contributed by atoms with van der Waals surface area (Å²) in [5, 5.41) is 0. The minimum absolute atomic E-state index is 0.167. The van der Waals surface area contributed by atoms with Crippen molar-refractivity contribution in [3.63, 3.8) is 0 Å². The molecule has 0 spiro atoms. The van der Waals surface area contributed by atoms with Crippen LogP contribution in [0.2, 0.25) is 0 Å². The van der Waals surface area contributed by atoms with Gasteiger partial charge >= 0.3 is 6.11 Å². The maximum Gasteiger partial charge on any atom is 0.386 e. The fourth-order valence-corrected chi connectivity index (χ4v) is 5.34. The van der Waals surface area contributed by atoms with Crippen LogP contribution < -0.4 is 4.74 Å². The van der Waals surface area contributed by atoms with E-state index in [2.05, 4.69) is 18.7 Å². The zero-order valence-corrected chi connectivity index (χ0v) is 20.5. The zero-order valence-electron chi connectivity index (χ0n) is 20.5. The van der Waals surface area contributed by atoms with E-state index >= 15 is 0 Å². The van der Waals surface area contributed by atoms with Crippen molar-refractivity contribution in [3.8, 4) is 5.75 Å². The summed E-state index contributed by atoms with van der Waals surface area (Å²) < 4.78 is 67.2. The Balaban J connectivity index is 1.22. The van der Waals surface area contributed by atoms with Crippen LogP contribution in [-0.4, -0.2) is 12.7 Å². The van der Waals surface area contributed by atoms with Gasteiger partial charge in [0, 0.05) is 6.07 Å². The van der Waals surface area contributed by atoms with Crippen molar-refractivity contribution in [1.29, 1.82) is 0 Å². The van der Waals surface area contributed by atoms with Gasteiger partial charge in [0.1, 0.15) is 24.0 Å². The van der Waals surface area contributed by atoms with E-state index in [0.717, 1.165) is 50.7 Å². The molecule has 6 heteroatoms. The maximum atomic E-state index is 14.7. The third-order valence-corrected chi connectivity index (χ3v) is 7.42. The summed E-state index contributed by atoms with van der Waals surface area (Å²) in [6.07, 6.45) is 8.72. The standard InChI is InChI=1S/C30H34F4O2/c1-2-19-35-27-17-18-28(29(32)20-27)30(33,34)36-26-15-7-22(8-16-26)4-3-21-5-9-23(10-6-21)24-11-13-25(31)14-12-24/h2-4,11-14,17-18,20-23,26H,1,5-10,15-16,19H2/b4-3+. The molecule has 0 atom stereocenters. The topological polar surface area (TPSA) is 18.5 Å². The van der Waals surface area contributed by atoms with Crippen LogP contribution in [0.3, 0.4) is 0 Å². The van der Waals surface area contributed by atoms with Gasteiger partial charge in [-0.2, -0.15) is 8.78 Å². The number of rotatable bonds is 9. The number of alkyl halides is 2. The van der Waals surface area contributed by atoms with Gasteiger partial charge in [-0.1, -0.05) is 36.9 Å². The van der Waals surface area contributed by atoms with Gasteiger partial charge in [-0.3, -0.25) is 0 Å². The van der Waals surface area contributed by atoms with E-state index in [4.69, 9.17) is 9.47 Å². The van der Waals surface area contributed by atoms with Gasteiger partial charge in [-0.05, 0) is 98.9 Å². The molecule has 2 nitrogen and oxygen atoms in total. The van der Waals surface area contributed by atoms with Crippen LogP contribution in [0.1, 0.15) is 68.4 Å². The van der Waals surface area contributed by atoms with E-state index in [1.54, 1.807) is 0 Å². The zero-order chi connectivity index (χ0) is 25.5. The van der Waals surface area contributed by atoms with E-state index < -0.39 is 23.6 Å². The smallest absolute Gasteiger partial charge is 0.386 e. The second kappa shape index (κ2) is 12.1. The molecule has 0 saturated heterocycles. The summed E-state index contributed by atoms with van der Waals surface area (Å²) in [7, 11) is 0. The average Bonchev–Trinajstić information content (AvgIpc) is 2.87. The summed E-state index contributed by atoms with van der Waals surface area (Å²) in [4.78, 5) is 0. The van der Waals surface area contributed by atoms with Crippen LogP contribution in [0.25, 0.3) is 0 Å². The fourth-order valence-electron chi connectivity index (χ4n) is 5.34. The summed E-state index contributed by atoms with van der Waals surface area (Å²) in [5.74, 6) is 0.295. The largest absolute Gasteiger partial charge is 0.489 e. The summed E-state index contributed by atoms with van der Waals surface area (Å²) >= 11 is 0. The molecule has 0 heterocycles. The minimum Gasteiger partial charge on any atom is -0.489 e. The fraction of sp³-hybridized carbons (Fsp3) is 0.467. The molecule has 194 valence electrons. The molecule has 0 unspecified atom stereocenters. The predicted octanol–water partition coefficient (Wildman–Crippen LogP) is 8.68. The van der Waals surface area contributed by atoms with Crippen molar-refractivity contribution >= 4 is 0 Å². The van der Waals surface area contributed by atoms with E-state index in [-0.39, 0.29) is 18.2 Å². The molecule has 0 radical (unpaired) electrons. The van der Waals surface area contributed by atoms with Crippen molar-refractivity contribution in [1.82, 2.24) is 0 Å². The van der Waals surface area contributed by atoms with E-state index in [1.807, 2.05) is 12.1 Å². The van der Waals surface area contributed by atoms with Crippen molar-refractivity contribution in [2.24, 2.45) is 11.8 Å². The van der Waals surface area contributed by atoms with E-state index in [0.29, 0.717) is 30.6 Å². The lowest BCUT2D eigenvalue weighted by Crippen LogP contribution is -2.30. The Morgan fingerprint density at radius 2 is 1.44 bits per heavy atom. The molecule has 2 fully saturated rings. The highest BCUT2D eigenvalue weighted by atomic mass is 19.3. The molecule has 2 aliphatic rings. The van der Waals surface area contributed by atoms with Gasteiger partial charge in [0.05, 0.1) is 11.7 Å². The van der Waals surface area contributed by atoms with Gasteiger partial charge in [0.2, 0.25) is 0 Å². The second-order valence-corrected chi connectivity index (χ2v) is 9.96. The first kappa shape index (κ1) is 26.5. The number of ether oxygens (including phenoxy) is 2. The summed E-state index contributed by atoms with van der Waals surface area (Å²) in [6, 6.07) is 10.1. The van der Waals surface area contributed by atoms with Crippen LogP contribution in [0, 0.1) is 23.5 Å². The molecular weight excluding hydrogens is 468 g/mol. The molecule has 0 amide bonds. The molecule has 0 bridgehead atoms. The summed E-state index contributed by atoms with van der Waals surface area (Å²) in [5.41, 5.74) is 0.442. The number of benzene rings is 2. The molecule has 2 aliphatic carbocycles. The number of hydrogen-bond donors (Lipinski definition) is 0. The Bertz CT molecular complexity index is 1020. The first-order valence-corrected chi connectivity index (χ1v) is 12.9. The Kier molecular flexibility index (Phi) is 8.89. The molecular formula is C30H34F4O2. The highest BCUT2D eigenvalue weighted by Crippen LogP contribution is 2.39. The van der Waals surface area contributed by atoms with Gasteiger partial charge in [0.25, 0.3) is 0 Å². The van der Waals surface area contributed by atoms with Crippen LogP contribution >= 0.6 is 0 Å². The van der Waals surface area contributed by atoms with E-state index in [9.17, 15) is 17.6 Å². The normalized spacial score (nSPS) is 25.1. The first-order valence-electron chi connectivity index (χ1n) is 12.9. The Morgan fingerprint density at radius 3 is 2.03 bits per heavy atom. The molecule has 36 heavy (non-hydrogen) atoms. The third kappa shape index (κ3) is 7.00. The quantitative estimate of drug-likeness (QED) is 0.252. The molecule has 2 aromatic rings. The number of halogens is 4. The van der Waals surface area contributed by atoms with Gasteiger partial charge in [-0.15, -0.1) is 0 Å².